The van der Waals surface area contributed by atoms with Crippen LogP contribution in [0.2, 0.25) is 5.02 Å². The van der Waals surface area contributed by atoms with Crippen molar-refractivity contribution in [3.05, 3.63) is 58.9 Å². The van der Waals surface area contributed by atoms with Crippen molar-refractivity contribution in [3.63, 3.8) is 0 Å². The van der Waals surface area contributed by atoms with Gasteiger partial charge in [-0.05, 0) is 11.6 Å². The Bertz CT molecular complexity index is 694. The number of piperazine rings is 1. The van der Waals surface area contributed by atoms with Gasteiger partial charge in [0.2, 0.25) is 0 Å². The molecule has 0 saturated carbocycles. The van der Waals surface area contributed by atoms with E-state index in [9.17, 15) is 9.90 Å². The van der Waals surface area contributed by atoms with Crippen LogP contribution in [-0.4, -0.2) is 58.1 Å². The van der Waals surface area contributed by atoms with E-state index < -0.39 is 6.10 Å². The Labute approximate surface area is 147 Å². The second kappa shape index (κ2) is 7.38. The summed E-state index contributed by atoms with van der Waals surface area (Å²) in [7, 11) is 1.82. The molecule has 1 atom stereocenters. The molecular formula is C18H22ClN3O2. The summed E-state index contributed by atoms with van der Waals surface area (Å²) < 4.78 is 1.76. The van der Waals surface area contributed by atoms with E-state index in [0.717, 1.165) is 18.7 Å². The van der Waals surface area contributed by atoms with E-state index in [2.05, 4.69) is 4.90 Å². The van der Waals surface area contributed by atoms with Gasteiger partial charge in [-0.15, -0.1) is 0 Å². The van der Waals surface area contributed by atoms with Crippen LogP contribution in [0.15, 0.2) is 42.6 Å². The first kappa shape index (κ1) is 17.0. The predicted octanol–water partition coefficient (Wildman–Crippen LogP) is 2.17. The van der Waals surface area contributed by atoms with Gasteiger partial charge in [-0.2, -0.15) is 0 Å². The number of nitrogens with zero attached hydrogens (tertiary/aromatic N) is 3. The smallest absolute Gasteiger partial charge is 0.270 e. The van der Waals surface area contributed by atoms with Gasteiger partial charge in [0.05, 0.1) is 11.1 Å². The topological polar surface area (TPSA) is 48.7 Å². The van der Waals surface area contributed by atoms with Gasteiger partial charge >= 0.3 is 0 Å². The van der Waals surface area contributed by atoms with Crippen molar-refractivity contribution >= 4 is 17.5 Å². The van der Waals surface area contributed by atoms with Crippen LogP contribution in [0, 0.1) is 0 Å². The summed E-state index contributed by atoms with van der Waals surface area (Å²) in [4.78, 5) is 16.6. The number of benzene rings is 1. The number of aryl methyl sites for hydroxylation is 1. The molecule has 1 aromatic heterocycles. The molecule has 0 bridgehead atoms. The van der Waals surface area contributed by atoms with Crippen molar-refractivity contribution in [2.24, 2.45) is 7.05 Å². The summed E-state index contributed by atoms with van der Waals surface area (Å²) in [6, 6.07) is 11.4. The predicted molar refractivity (Wildman–Crippen MR) is 94.2 cm³/mol. The summed E-state index contributed by atoms with van der Waals surface area (Å²) >= 11 is 5.96. The number of rotatable bonds is 4. The van der Waals surface area contributed by atoms with E-state index in [1.165, 1.54) is 0 Å². The quantitative estimate of drug-likeness (QED) is 0.922. The molecule has 0 unspecified atom stereocenters. The standard InChI is InChI=1S/C18H22ClN3O2/c1-20-12-15(19)11-16(20)18(24)22-9-7-21(8-10-22)13-17(23)14-5-3-2-4-6-14/h2-6,11-12,17,23H,7-10,13H2,1H3/t17-/m0/s1. The van der Waals surface area contributed by atoms with Crippen LogP contribution < -0.4 is 0 Å². The fourth-order valence-electron chi connectivity index (χ4n) is 3.06. The summed E-state index contributed by atoms with van der Waals surface area (Å²) in [5.41, 5.74) is 1.53. The zero-order valence-corrected chi connectivity index (χ0v) is 14.5. The Morgan fingerprint density at radius 2 is 1.88 bits per heavy atom. The van der Waals surface area contributed by atoms with Crippen molar-refractivity contribution in [1.29, 1.82) is 0 Å². The van der Waals surface area contributed by atoms with Crippen LogP contribution in [0.4, 0.5) is 0 Å². The molecule has 1 N–H and O–H groups in total. The van der Waals surface area contributed by atoms with Gasteiger partial charge in [-0.3, -0.25) is 9.69 Å². The highest BCUT2D eigenvalue weighted by atomic mass is 35.5. The Morgan fingerprint density at radius 1 is 1.21 bits per heavy atom. The van der Waals surface area contributed by atoms with Crippen molar-refractivity contribution in [2.45, 2.75) is 6.10 Å². The maximum Gasteiger partial charge on any atom is 0.270 e. The summed E-state index contributed by atoms with van der Waals surface area (Å²) in [5, 5.41) is 10.9. The minimum absolute atomic E-state index is 0.00709. The molecule has 3 rings (SSSR count). The summed E-state index contributed by atoms with van der Waals surface area (Å²) in [6.07, 6.45) is 1.24. The number of halogens is 1. The zero-order chi connectivity index (χ0) is 17.1. The highest BCUT2D eigenvalue weighted by molar-refractivity contribution is 6.31. The fourth-order valence-corrected chi connectivity index (χ4v) is 3.31. The highest BCUT2D eigenvalue weighted by Gasteiger charge is 2.25. The van der Waals surface area contributed by atoms with Crippen LogP contribution in [-0.2, 0) is 7.05 Å². The molecule has 1 saturated heterocycles. The third kappa shape index (κ3) is 3.80. The molecule has 2 heterocycles. The zero-order valence-electron chi connectivity index (χ0n) is 13.7. The number of aromatic nitrogens is 1. The average Bonchev–Trinajstić information content (AvgIpc) is 2.94. The second-order valence-corrected chi connectivity index (χ2v) is 6.61. The lowest BCUT2D eigenvalue weighted by Gasteiger charge is -2.35. The number of hydrogen-bond acceptors (Lipinski definition) is 3. The van der Waals surface area contributed by atoms with Gasteiger partial charge < -0.3 is 14.6 Å². The maximum atomic E-state index is 12.6. The highest BCUT2D eigenvalue weighted by Crippen LogP contribution is 2.18. The molecule has 5 nitrogen and oxygen atoms in total. The van der Waals surface area contributed by atoms with Crippen LogP contribution >= 0.6 is 11.6 Å². The number of aliphatic hydroxyl groups is 1. The van der Waals surface area contributed by atoms with E-state index in [4.69, 9.17) is 11.6 Å². The van der Waals surface area contributed by atoms with E-state index in [-0.39, 0.29) is 5.91 Å². The number of β-amino-alcohol motifs (C(OH)–C–C–N with tert-alkyl or cyclic N) is 1. The normalized spacial score (nSPS) is 17.0. The van der Waals surface area contributed by atoms with Crippen molar-refractivity contribution in [3.8, 4) is 0 Å². The maximum absolute atomic E-state index is 12.6. The Kier molecular flexibility index (Phi) is 5.23. The Morgan fingerprint density at radius 3 is 2.46 bits per heavy atom. The summed E-state index contributed by atoms with van der Waals surface area (Å²) in [6.45, 7) is 3.41. The van der Waals surface area contributed by atoms with Crippen molar-refractivity contribution < 1.29 is 9.90 Å². The van der Waals surface area contributed by atoms with E-state index in [1.807, 2.05) is 42.3 Å². The monoisotopic (exact) mass is 347 g/mol. The molecule has 1 fully saturated rings. The van der Waals surface area contributed by atoms with Crippen molar-refractivity contribution in [1.82, 2.24) is 14.4 Å². The average molecular weight is 348 g/mol. The van der Waals surface area contributed by atoms with E-state index >= 15 is 0 Å². The molecule has 6 heteroatoms. The van der Waals surface area contributed by atoms with Gasteiger partial charge in [0, 0.05) is 46.0 Å². The van der Waals surface area contributed by atoms with Crippen molar-refractivity contribution in [2.75, 3.05) is 32.7 Å². The molecule has 1 aliphatic rings. The number of hydrogen-bond donors (Lipinski definition) is 1. The first-order valence-electron chi connectivity index (χ1n) is 8.11. The van der Waals surface area contributed by atoms with E-state index in [0.29, 0.717) is 30.4 Å². The van der Waals surface area contributed by atoms with Gasteiger partial charge in [-0.1, -0.05) is 41.9 Å². The van der Waals surface area contributed by atoms with Gasteiger partial charge in [0.1, 0.15) is 5.69 Å². The van der Waals surface area contributed by atoms with Crippen LogP contribution in [0.5, 0.6) is 0 Å². The molecule has 128 valence electrons. The van der Waals surface area contributed by atoms with Gasteiger partial charge in [0.15, 0.2) is 0 Å². The number of amides is 1. The lowest BCUT2D eigenvalue weighted by molar-refractivity contribution is 0.0520. The molecule has 2 aromatic rings. The van der Waals surface area contributed by atoms with Crippen LogP contribution in [0.25, 0.3) is 0 Å². The third-order valence-corrected chi connectivity index (χ3v) is 4.67. The number of carbonyl (C=O) groups excluding carboxylic acids is 1. The molecule has 24 heavy (non-hydrogen) atoms. The first-order valence-corrected chi connectivity index (χ1v) is 8.49. The minimum atomic E-state index is -0.500. The molecule has 0 aliphatic carbocycles. The third-order valence-electron chi connectivity index (χ3n) is 4.47. The lowest BCUT2D eigenvalue weighted by atomic mass is 10.1. The first-order chi connectivity index (χ1) is 11.5. The van der Waals surface area contributed by atoms with Crippen LogP contribution in [0.3, 0.4) is 0 Å². The SMILES string of the molecule is Cn1cc(Cl)cc1C(=O)N1CCN(C[C@H](O)c2ccccc2)CC1. The van der Waals surface area contributed by atoms with Crippen LogP contribution in [0.1, 0.15) is 22.2 Å². The second-order valence-electron chi connectivity index (χ2n) is 6.17. The minimum Gasteiger partial charge on any atom is -0.387 e. The van der Waals surface area contributed by atoms with E-state index in [1.54, 1.807) is 16.8 Å². The molecule has 0 spiro atoms. The lowest BCUT2D eigenvalue weighted by Crippen LogP contribution is -2.49. The molecule has 1 amide bonds. The van der Waals surface area contributed by atoms with Gasteiger partial charge in [-0.25, -0.2) is 0 Å². The fraction of sp³-hybridized carbons (Fsp3) is 0.389. The largest absolute Gasteiger partial charge is 0.387 e. The molecule has 1 aromatic carbocycles. The summed E-state index contributed by atoms with van der Waals surface area (Å²) in [5.74, 6) is 0.00709. The number of carbonyl (C=O) groups is 1. The Hall–Kier alpha value is -1.82. The number of aliphatic hydroxyl groups excluding tert-OH is 1. The molecule has 1 aliphatic heterocycles. The Balaban J connectivity index is 1.54. The molecule has 0 radical (unpaired) electrons. The van der Waals surface area contributed by atoms with Gasteiger partial charge in [0.25, 0.3) is 5.91 Å². The molecular weight excluding hydrogens is 326 g/mol.